The molecule has 0 aliphatic carbocycles. The zero-order chi connectivity index (χ0) is 11.0. The third-order valence-corrected chi connectivity index (χ3v) is 2.94. The highest BCUT2D eigenvalue weighted by Crippen LogP contribution is 2.26. The molecular weight excluding hydrogens is 200 g/mol. The minimum atomic E-state index is 0.798. The summed E-state index contributed by atoms with van der Waals surface area (Å²) in [6.07, 6.45) is 1.98. The van der Waals surface area contributed by atoms with Gasteiger partial charge in [0.05, 0.1) is 0 Å². The van der Waals surface area contributed by atoms with Crippen LogP contribution in [0.2, 0.25) is 0 Å². The molecule has 1 aromatic heterocycles. The molecule has 82 valence electrons. The van der Waals surface area contributed by atoms with Crippen molar-refractivity contribution in [3.8, 4) is 11.4 Å². The number of hydrogen-bond acceptors (Lipinski definition) is 3. The van der Waals surface area contributed by atoms with Gasteiger partial charge in [0.25, 0.3) is 0 Å². The third-order valence-electron chi connectivity index (χ3n) is 2.94. The van der Waals surface area contributed by atoms with Crippen molar-refractivity contribution >= 4 is 5.69 Å². The molecule has 0 atom stereocenters. The van der Waals surface area contributed by atoms with E-state index in [1.165, 1.54) is 11.3 Å². The molecular formula is C12H14N4. The Morgan fingerprint density at radius 1 is 1.38 bits per heavy atom. The number of nitrogens with one attached hydrogen (secondary N) is 2. The molecule has 2 aromatic rings. The number of hydrogen-bond donors (Lipinski definition) is 2. The third kappa shape index (κ3) is 1.46. The maximum absolute atomic E-state index is 4.44. The van der Waals surface area contributed by atoms with Crippen LogP contribution in [0.25, 0.3) is 11.4 Å². The quantitative estimate of drug-likeness (QED) is 0.804. The molecule has 0 fully saturated rings. The van der Waals surface area contributed by atoms with E-state index < -0.39 is 0 Å². The van der Waals surface area contributed by atoms with Crippen molar-refractivity contribution in [3.05, 3.63) is 29.6 Å². The summed E-state index contributed by atoms with van der Waals surface area (Å²) >= 11 is 0. The molecule has 16 heavy (non-hydrogen) atoms. The Balaban J connectivity index is 2.00. The van der Waals surface area contributed by atoms with E-state index in [0.29, 0.717) is 0 Å². The maximum Gasteiger partial charge on any atom is 0.181 e. The van der Waals surface area contributed by atoms with E-state index in [-0.39, 0.29) is 0 Å². The van der Waals surface area contributed by atoms with E-state index in [1.54, 1.807) is 0 Å². The summed E-state index contributed by atoms with van der Waals surface area (Å²) in [5, 5.41) is 10.5. The van der Waals surface area contributed by atoms with Crippen molar-refractivity contribution in [2.45, 2.75) is 19.8 Å². The predicted molar refractivity (Wildman–Crippen MR) is 63.4 cm³/mol. The Morgan fingerprint density at radius 2 is 2.31 bits per heavy atom. The van der Waals surface area contributed by atoms with Gasteiger partial charge in [0.15, 0.2) is 5.82 Å². The Morgan fingerprint density at radius 3 is 3.12 bits per heavy atom. The Kier molecular flexibility index (Phi) is 2.13. The highest BCUT2D eigenvalue weighted by molar-refractivity contribution is 5.65. The van der Waals surface area contributed by atoms with Crippen LogP contribution in [0.3, 0.4) is 0 Å². The number of fused-ring (bicyclic) bond motifs is 1. The van der Waals surface area contributed by atoms with Gasteiger partial charge in [0.1, 0.15) is 5.82 Å². The summed E-state index contributed by atoms with van der Waals surface area (Å²) in [5.74, 6) is 1.74. The fourth-order valence-corrected chi connectivity index (χ4v) is 2.03. The van der Waals surface area contributed by atoms with Crippen LogP contribution in [0.5, 0.6) is 0 Å². The Labute approximate surface area is 94.1 Å². The van der Waals surface area contributed by atoms with E-state index in [2.05, 4.69) is 45.6 Å². The number of benzene rings is 1. The fraction of sp³-hybridized carbons (Fsp3) is 0.333. The van der Waals surface area contributed by atoms with Gasteiger partial charge in [-0.1, -0.05) is 6.92 Å². The zero-order valence-corrected chi connectivity index (χ0v) is 9.25. The van der Waals surface area contributed by atoms with Crippen LogP contribution in [0.4, 0.5) is 5.69 Å². The number of rotatable bonds is 2. The van der Waals surface area contributed by atoms with Crippen LogP contribution in [-0.2, 0) is 12.8 Å². The van der Waals surface area contributed by atoms with Crippen molar-refractivity contribution < 1.29 is 0 Å². The lowest BCUT2D eigenvalue weighted by molar-refractivity contribution is 0.946. The molecule has 4 nitrogen and oxygen atoms in total. The topological polar surface area (TPSA) is 53.6 Å². The van der Waals surface area contributed by atoms with Crippen LogP contribution in [0.15, 0.2) is 18.2 Å². The van der Waals surface area contributed by atoms with Crippen LogP contribution < -0.4 is 5.32 Å². The summed E-state index contributed by atoms with van der Waals surface area (Å²) < 4.78 is 0. The molecule has 1 aromatic carbocycles. The summed E-state index contributed by atoms with van der Waals surface area (Å²) in [6.45, 7) is 3.10. The van der Waals surface area contributed by atoms with Crippen molar-refractivity contribution in [1.29, 1.82) is 0 Å². The second-order valence-corrected chi connectivity index (χ2v) is 4.01. The van der Waals surface area contributed by atoms with Crippen molar-refractivity contribution in [1.82, 2.24) is 15.2 Å². The second-order valence-electron chi connectivity index (χ2n) is 4.01. The molecule has 0 unspecified atom stereocenters. The molecule has 0 spiro atoms. The Hall–Kier alpha value is -1.84. The van der Waals surface area contributed by atoms with Gasteiger partial charge in [-0.25, -0.2) is 4.98 Å². The lowest BCUT2D eigenvalue weighted by Crippen LogP contribution is -1.90. The number of aryl methyl sites for hydroxylation is 1. The molecule has 1 aliphatic heterocycles. The van der Waals surface area contributed by atoms with E-state index in [0.717, 1.165) is 36.6 Å². The highest BCUT2D eigenvalue weighted by Gasteiger charge is 2.12. The first kappa shape index (κ1) is 9.39. The van der Waals surface area contributed by atoms with Crippen molar-refractivity contribution in [2.75, 3.05) is 11.9 Å². The first-order valence-corrected chi connectivity index (χ1v) is 5.65. The van der Waals surface area contributed by atoms with Gasteiger partial charge >= 0.3 is 0 Å². The minimum absolute atomic E-state index is 0.798. The molecule has 1 aliphatic rings. The fourth-order valence-electron chi connectivity index (χ4n) is 2.03. The van der Waals surface area contributed by atoms with Gasteiger partial charge in [-0.15, -0.1) is 0 Å². The smallest absolute Gasteiger partial charge is 0.181 e. The molecule has 2 N–H and O–H groups in total. The average Bonchev–Trinajstić information content (AvgIpc) is 2.96. The lowest BCUT2D eigenvalue weighted by atomic mass is 10.1. The number of aromatic nitrogens is 3. The standard InChI is InChI=1S/C12H14N4/c1-2-11-14-12(16-15-11)9-3-4-10-8(7-9)5-6-13-10/h3-4,7,13H,2,5-6H2,1H3,(H,14,15,16). The Bertz CT molecular complexity index is 515. The summed E-state index contributed by atoms with van der Waals surface area (Å²) in [7, 11) is 0. The van der Waals surface area contributed by atoms with E-state index in [9.17, 15) is 0 Å². The van der Waals surface area contributed by atoms with E-state index >= 15 is 0 Å². The maximum atomic E-state index is 4.44. The van der Waals surface area contributed by atoms with Crippen LogP contribution in [0, 0.1) is 0 Å². The molecule has 0 radical (unpaired) electrons. The van der Waals surface area contributed by atoms with Gasteiger partial charge in [-0.05, 0) is 30.2 Å². The summed E-state index contributed by atoms with van der Waals surface area (Å²) in [4.78, 5) is 4.44. The number of H-pyrrole nitrogens is 1. The number of nitrogens with zero attached hydrogens (tertiary/aromatic N) is 2. The van der Waals surface area contributed by atoms with Crippen LogP contribution in [-0.4, -0.2) is 21.7 Å². The molecule has 2 heterocycles. The predicted octanol–water partition coefficient (Wildman–Crippen LogP) is 2.00. The van der Waals surface area contributed by atoms with Crippen molar-refractivity contribution in [3.63, 3.8) is 0 Å². The van der Waals surface area contributed by atoms with E-state index in [1.807, 2.05) is 0 Å². The van der Waals surface area contributed by atoms with Gasteiger partial charge in [0, 0.05) is 24.2 Å². The molecule has 3 rings (SSSR count). The average molecular weight is 214 g/mol. The van der Waals surface area contributed by atoms with Crippen LogP contribution in [0.1, 0.15) is 18.3 Å². The zero-order valence-electron chi connectivity index (χ0n) is 9.25. The minimum Gasteiger partial charge on any atom is -0.384 e. The van der Waals surface area contributed by atoms with Crippen LogP contribution >= 0.6 is 0 Å². The lowest BCUT2D eigenvalue weighted by Gasteiger charge is -2.00. The summed E-state index contributed by atoms with van der Waals surface area (Å²) in [5.41, 5.74) is 3.70. The monoisotopic (exact) mass is 214 g/mol. The van der Waals surface area contributed by atoms with Gasteiger partial charge < -0.3 is 5.32 Å². The normalized spacial score (nSPS) is 13.6. The SMILES string of the molecule is CCc1nc(-c2ccc3c(c2)CCN3)n[nH]1. The van der Waals surface area contributed by atoms with Gasteiger partial charge in [-0.2, -0.15) is 5.10 Å². The largest absolute Gasteiger partial charge is 0.384 e. The second kappa shape index (κ2) is 3.63. The molecule has 0 bridgehead atoms. The van der Waals surface area contributed by atoms with Crippen molar-refractivity contribution in [2.24, 2.45) is 0 Å². The highest BCUT2D eigenvalue weighted by atomic mass is 15.2. The first-order valence-electron chi connectivity index (χ1n) is 5.65. The molecule has 0 saturated carbocycles. The molecule has 4 heteroatoms. The summed E-state index contributed by atoms with van der Waals surface area (Å²) in [6, 6.07) is 6.36. The number of aromatic amines is 1. The van der Waals surface area contributed by atoms with E-state index in [4.69, 9.17) is 0 Å². The molecule has 0 saturated heterocycles. The van der Waals surface area contributed by atoms with Gasteiger partial charge in [0.2, 0.25) is 0 Å². The first-order chi connectivity index (χ1) is 7.86. The van der Waals surface area contributed by atoms with Gasteiger partial charge in [-0.3, -0.25) is 5.10 Å². The molecule has 0 amide bonds. The number of anilines is 1.